The molecular formula is C24H18FN2O3-. The van der Waals surface area contributed by atoms with Gasteiger partial charge in [-0.05, 0) is 35.9 Å². The van der Waals surface area contributed by atoms with Gasteiger partial charge in [0.15, 0.2) is 0 Å². The highest BCUT2D eigenvalue weighted by Crippen LogP contribution is 2.43. The van der Waals surface area contributed by atoms with Crippen molar-refractivity contribution < 1.29 is 19.1 Å². The minimum Gasteiger partial charge on any atom is -0.550 e. The maximum Gasteiger partial charge on any atom is 0.275 e. The van der Waals surface area contributed by atoms with Crippen LogP contribution in [0.4, 0.5) is 15.8 Å². The van der Waals surface area contributed by atoms with Gasteiger partial charge in [0.1, 0.15) is 11.5 Å². The van der Waals surface area contributed by atoms with Gasteiger partial charge in [-0.1, -0.05) is 54.6 Å². The molecule has 0 saturated heterocycles. The van der Waals surface area contributed by atoms with Crippen LogP contribution in [0.25, 0.3) is 0 Å². The Bertz CT molecular complexity index is 1110. The van der Waals surface area contributed by atoms with Crippen LogP contribution in [0.3, 0.4) is 0 Å². The third-order valence-electron chi connectivity index (χ3n) is 4.95. The number of benzene rings is 3. The molecular weight excluding hydrogens is 383 g/mol. The van der Waals surface area contributed by atoms with Crippen molar-refractivity contribution in [3.05, 3.63) is 108 Å². The van der Waals surface area contributed by atoms with Crippen molar-refractivity contribution in [1.29, 1.82) is 0 Å². The van der Waals surface area contributed by atoms with Gasteiger partial charge in [0.05, 0.1) is 6.04 Å². The van der Waals surface area contributed by atoms with Crippen molar-refractivity contribution in [3.8, 4) is 0 Å². The number of amides is 1. The highest BCUT2D eigenvalue weighted by Gasteiger charge is 2.42. The molecule has 1 N–H and O–H groups in total. The fraction of sp³-hybridized carbons (Fsp3) is 0.0833. The smallest absolute Gasteiger partial charge is 0.275 e. The Morgan fingerprint density at radius 2 is 1.53 bits per heavy atom. The van der Waals surface area contributed by atoms with Gasteiger partial charge < -0.3 is 15.2 Å². The fourth-order valence-electron chi connectivity index (χ4n) is 3.69. The number of nitrogens with one attached hydrogen (secondary N) is 1. The fourth-order valence-corrected chi connectivity index (χ4v) is 3.69. The summed E-state index contributed by atoms with van der Waals surface area (Å²) in [5.41, 5.74) is 1.74. The quantitative estimate of drug-likeness (QED) is 0.687. The van der Waals surface area contributed by atoms with Crippen LogP contribution in [0, 0.1) is 5.82 Å². The lowest BCUT2D eigenvalue weighted by Crippen LogP contribution is -2.32. The first-order chi connectivity index (χ1) is 14.6. The predicted molar refractivity (Wildman–Crippen MR) is 110 cm³/mol. The molecule has 1 amide bonds. The summed E-state index contributed by atoms with van der Waals surface area (Å²) in [6, 6.07) is 22.9. The number of carboxylic acids is 1. The number of rotatable bonds is 6. The molecule has 1 atom stereocenters. The summed E-state index contributed by atoms with van der Waals surface area (Å²) in [5.74, 6) is -2.30. The molecule has 1 aliphatic rings. The highest BCUT2D eigenvalue weighted by atomic mass is 19.1. The van der Waals surface area contributed by atoms with E-state index in [1.165, 1.54) is 11.0 Å². The molecule has 0 spiro atoms. The maximum absolute atomic E-state index is 14.8. The number of para-hydroxylation sites is 2. The molecule has 4 rings (SSSR count). The third kappa shape index (κ3) is 3.67. The number of hydrogen-bond donors (Lipinski definition) is 1. The van der Waals surface area contributed by atoms with Crippen LogP contribution in [0.5, 0.6) is 0 Å². The molecule has 0 saturated carbocycles. The Hall–Kier alpha value is -3.93. The zero-order valence-corrected chi connectivity index (χ0v) is 15.9. The summed E-state index contributed by atoms with van der Waals surface area (Å²) in [6.45, 7) is 0. The van der Waals surface area contributed by atoms with Gasteiger partial charge in [-0.3, -0.25) is 9.69 Å². The second kappa shape index (κ2) is 8.21. The van der Waals surface area contributed by atoms with Crippen molar-refractivity contribution in [1.82, 2.24) is 0 Å². The molecule has 30 heavy (non-hydrogen) atoms. The molecule has 0 fully saturated rings. The average molecular weight is 401 g/mol. The maximum atomic E-state index is 14.8. The zero-order valence-electron chi connectivity index (χ0n) is 15.9. The summed E-state index contributed by atoms with van der Waals surface area (Å²) < 4.78 is 14.8. The monoisotopic (exact) mass is 401 g/mol. The lowest BCUT2D eigenvalue weighted by atomic mass is 9.95. The lowest BCUT2D eigenvalue weighted by molar-refractivity contribution is -0.304. The van der Waals surface area contributed by atoms with E-state index in [9.17, 15) is 19.1 Å². The van der Waals surface area contributed by atoms with Gasteiger partial charge in [0.2, 0.25) is 0 Å². The molecule has 5 nitrogen and oxygen atoms in total. The van der Waals surface area contributed by atoms with Crippen molar-refractivity contribution >= 4 is 23.3 Å². The Balaban J connectivity index is 1.90. The van der Waals surface area contributed by atoms with E-state index in [-0.39, 0.29) is 16.8 Å². The van der Waals surface area contributed by atoms with Crippen LogP contribution in [-0.4, -0.2) is 11.9 Å². The Morgan fingerprint density at radius 1 is 0.933 bits per heavy atom. The number of carbonyl (C=O) groups is 2. The van der Waals surface area contributed by atoms with E-state index < -0.39 is 30.2 Å². The molecule has 6 heteroatoms. The number of hydrogen-bond acceptors (Lipinski definition) is 4. The van der Waals surface area contributed by atoms with Gasteiger partial charge in [0.25, 0.3) is 5.91 Å². The van der Waals surface area contributed by atoms with Gasteiger partial charge in [-0.2, -0.15) is 0 Å². The number of carboxylic acid groups (broad SMARTS) is 1. The second-order valence-electron chi connectivity index (χ2n) is 6.87. The summed E-state index contributed by atoms with van der Waals surface area (Å²) in [4.78, 5) is 26.5. The number of anilines is 2. The summed E-state index contributed by atoms with van der Waals surface area (Å²) in [5, 5.41) is 14.6. The van der Waals surface area contributed by atoms with E-state index in [0.29, 0.717) is 11.4 Å². The minimum absolute atomic E-state index is 0.113. The van der Waals surface area contributed by atoms with E-state index in [1.54, 1.807) is 72.8 Å². The minimum atomic E-state index is -1.35. The first-order valence-corrected chi connectivity index (χ1v) is 9.44. The molecule has 0 radical (unpaired) electrons. The summed E-state index contributed by atoms with van der Waals surface area (Å²) >= 11 is 0. The number of carbonyl (C=O) groups excluding carboxylic acids is 2. The molecule has 1 aliphatic heterocycles. The average Bonchev–Trinajstić information content (AvgIpc) is 3.01. The first kappa shape index (κ1) is 19.4. The largest absolute Gasteiger partial charge is 0.550 e. The molecule has 150 valence electrons. The number of aliphatic carboxylic acids is 1. The Morgan fingerprint density at radius 3 is 2.17 bits per heavy atom. The Kier molecular flexibility index (Phi) is 5.30. The molecule has 3 aromatic carbocycles. The van der Waals surface area contributed by atoms with Crippen molar-refractivity contribution in [2.24, 2.45) is 0 Å². The SMILES string of the molecule is O=C([O-])CC1=C(Nc2ccccc2)C(=O)N(c2ccccc2)[C@H]1c1ccccc1F. The summed E-state index contributed by atoms with van der Waals surface area (Å²) in [6.07, 6.45) is -0.511. The van der Waals surface area contributed by atoms with Gasteiger partial charge >= 0.3 is 0 Å². The van der Waals surface area contributed by atoms with Crippen LogP contribution < -0.4 is 15.3 Å². The van der Waals surface area contributed by atoms with Crippen molar-refractivity contribution in [2.75, 3.05) is 10.2 Å². The summed E-state index contributed by atoms with van der Waals surface area (Å²) in [7, 11) is 0. The normalized spacial score (nSPS) is 16.1. The van der Waals surface area contributed by atoms with Gasteiger partial charge in [0, 0.05) is 29.3 Å². The van der Waals surface area contributed by atoms with Crippen LogP contribution in [0.15, 0.2) is 96.2 Å². The first-order valence-electron chi connectivity index (χ1n) is 9.44. The molecule has 0 unspecified atom stereocenters. The third-order valence-corrected chi connectivity index (χ3v) is 4.95. The van der Waals surface area contributed by atoms with E-state index in [0.717, 1.165) is 0 Å². The van der Waals surface area contributed by atoms with E-state index >= 15 is 0 Å². The molecule has 0 aliphatic carbocycles. The van der Waals surface area contributed by atoms with Gasteiger partial charge in [-0.25, -0.2) is 4.39 Å². The van der Waals surface area contributed by atoms with E-state index in [2.05, 4.69) is 5.32 Å². The van der Waals surface area contributed by atoms with Crippen molar-refractivity contribution in [2.45, 2.75) is 12.5 Å². The van der Waals surface area contributed by atoms with Crippen LogP contribution >= 0.6 is 0 Å². The van der Waals surface area contributed by atoms with E-state index in [4.69, 9.17) is 0 Å². The van der Waals surface area contributed by atoms with Crippen LogP contribution in [-0.2, 0) is 9.59 Å². The van der Waals surface area contributed by atoms with Crippen LogP contribution in [0.1, 0.15) is 18.0 Å². The van der Waals surface area contributed by atoms with E-state index in [1.807, 2.05) is 6.07 Å². The van der Waals surface area contributed by atoms with Crippen LogP contribution in [0.2, 0.25) is 0 Å². The molecule has 0 aromatic heterocycles. The molecule has 0 bridgehead atoms. The van der Waals surface area contributed by atoms with Gasteiger partial charge in [-0.15, -0.1) is 0 Å². The number of halogens is 1. The molecule has 3 aromatic rings. The zero-order chi connectivity index (χ0) is 21.1. The second-order valence-corrected chi connectivity index (χ2v) is 6.87. The molecule has 1 heterocycles. The lowest BCUT2D eigenvalue weighted by Gasteiger charge is -2.28. The standard InChI is InChI=1S/C24H19FN2O3/c25-20-14-8-7-13-18(20)23-19(15-21(28)29)22(26-16-9-3-1-4-10-16)24(30)27(23)17-11-5-2-6-12-17/h1-14,23,26H,15H2,(H,28,29)/p-1/t23-/m0/s1. The number of nitrogens with zero attached hydrogens (tertiary/aromatic N) is 1. The highest BCUT2D eigenvalue weighted by molar-refractivity contribution is 6.12. The predicted octanol–water partition coefficient (Wildman–Crippen LogP) is 3.42. The Labute approximate surface area is 173 Å². The topological polar surface area (TPSA) is 72.5 Å². The van der Waals surface area contributed by atoms with Crippen molar-refractivity contribution in [3.63, 3.8) is 0 Å².